The molecule has 0 bridgehead atoms. The Morgan fingerprint density at radius 3 is 2.68 bits per heavy atom. The van der Waals surface area contributed by atoms with Crippen molar-refractivity contribution < 1.29 is 14.3 Å². The highest BCUT2D eigenvalue weighted by Crippen LogP contribution is 2.19. The molecule has 1 saturated heterocycles. The van der Waals surface area contributed by atoms with Crippen LogP contribution in [0.25, 0.3) is 0 Å². The first kappa shape index (κ1) is 13.7. The molecule has 1 heterocycles. The number of nitrogens with one attached hydrogen (secondary N) is 2. The molecule has 1 aliphatic heterocycles. The number of thioether (sulfide) groups is 1. The van der Waals surface area contributed by atoms with Crippen LogP contribution in [0.5, 0.6) is 5.75 Å². The third kappa shape index (κ3) is 3.41. The molecule has 0 aromatic heterocycles. The first-order valence-corrected chi connectivity index (χ1v) is 7.02. The molecule has 1 aliphatic rings. The summed E-state index contributed by atoms with van der Waals surface area (Å²) < 4.78 is 5.04. The molecule has 1 fully saturated rings. The van der Waals surface area contributed by atoms with Gasteiger partial charge < -0.3 is 15.4 Å². The molecular formula is C13H16N2O3S. The first-order valence-electron chi connectivity index (χ1n) is 5.97. The van der Waals surface area contributed by atoms with Crippen LogP contribution in [0.1, 0.15) is 6.92 Å². The maximum absolute atomic E-state index is 12.0. The van der Waals surface area contributed by atoms with Crippen LogP contribution in [0.4, 0.5) is 5.69 Å². The Morgan fingerprint density at radius 2 is 2.11 bits per heavy atom. The number of benzene rings is 1. The lowest BCUT2D eigenvalue weighted by molar-refractivity contribution is -0.125. The van der Waals surface area contributed by atoms with E-state index in [4.69, 9.17) is 4.74 Å². The summed E-state index contributed by atoms with van der Waals surface area (Å²) in [6.45, 7) is 1.83. The van der Waals surface area contributed by atoms with Crippen molar-refractivity contribution in [1.29, 1.82) is 0 Å². The largest absolute Gasteiger partial charge is 0.497 e. The Kier molecular flexibility index (Phi) is 4.31. The lowest BCUT2D eigenvalue weighted by atomic mass is 10.2. The Hall–Kier alpha value is -1.69. The Balaban J connectivity index is 1.95. The van der Waals surface area contributed by atoms with Gasteiger partial charge in [-0.25, -0.2) is 0 Å². The van der Waals surface area contributed by atoms with Gasteiger partial charge in [0.2, 0.25) is 11.8 Å². The Bertz CT molecular complexity index is 475. The second-order valence-corrected chi connectivity index (χ2v) is 5.63. The standard InChI is InChI=1S/C13H16N2O3S/c1-8-12(16)15-11(7-19-8)13(17)14-9-3-5-10(18-2)6-4-9/h3-6,8,11H,7H2,1-2H3,(H,14,17)(H,15,16). The van der Waals surface area contributed by atoms with Crippen molar-refractivity contribution in [1.82, 2.24) is 5.32 Å². The van der Waals surface area contributed by atoms with E-state index in [1.807, 2.05) is 6.92 Å². The lowest BCUT2D eigenvalue weighted by Gasteiger charge is -2.25. The molecule has 2 unspecified atom stereocenters. The van der Waals surface area contributed by atoms with Crippen LogP contribution < -0.4 is 15.4 Å². The van der Waals surface area contributed by atoms with Crippen molar-refractivity contribution in [2.45, 2.75) is 18.2 Å². The van der Waals surface area contributed by atoms with Crippen molar-refractivity contribution >= 4 is 29.3 Å². The molecule has 1 aromatic rings. The van der Waals surface area contributed by atoms with E-state index in [1.54, 1.807) is 31.4 Å². The van der Waals surface area contributed by atoms with Gasteiger partial charge in [-0.3, -0.25) is 9.59 Å². The minimum absolute atomic E-state index is 0.0915. The molecule has 0 spiro atoms. The van der Waals surface area contributed by atoms with Crippen molar-refractivity contribution in [3.63, 3.8) is 0 Å². The molecule has 2 rings (SSSR count). The molecule has 2 amide bonds. The monoisotopic (exact) mass is 280 g/mol. The van der Waals surface area contributed by atoms with Crippen LogP contribution in [-0.2, 0) is 9.59 Å². The van der Waals surface area contributed by atoms with Crippen LogP contribution in [-0.4, -0.2) is 36.0 Å². The van der Waals surface area contributed by atoms with E-state index in [9.17, 15) is 9.59 Å². The van der Waals surface area contributed by atoms with Gasteiger partial charge in [-0.2, -0.15) is 0 Å². The number of hydrogen-bond donors (Lipinski definition) is 2. The maximum Gasteiger partial charge on any atom is 0.247 e. The van der Waals surface area contributed by atoms with Gasteiger partial charge in [0.25, 0.3) is 0 Å². The predicted molar refractivity (Wildman–Crippen MR) is 75.5 cm³/mol. The van der Waals surface area contributed by atoms with E-state index < -0.39 is 6.04 Å². The van der Waals surface area contributed by atoms with E-state index in [0.29, 0.717) is 11.4 Å². The summed E-state index contributed by atoms with van der Waals surface area (Å²) in [7, 11) is 1.59. The van der Waals surface area contributed by atoms with Gasteiger partial charge in [-0.05, 0) is 31.2 Å². The van der Waals surface area contributed by atoms with Crippen LogP contribution in [0.2, 0.25) is 0 Å². The minimum atomic E-state index is -0.476. The fourth-order valence-corrected chi connectivity index (χ4v) is 2.63. The molecule has 102 valence electrons. The summed E-state index contributed by atoms with van der Waals surface area (Å²) in [6.07, 6.45) is 0. The topological polar surface area (TPSA) is 67.4 Å². The Labute approximate surface area is 116 Å². The van der Waals surface area contributed by atoms with E-state index in [2.05, 4.69) is 10.6 Å². The van der Waals surface area contributed by atoms with Gasteiger partial charge in [0.05, 0.1) is 12.4 Å². The second kappa shape index (κ2) is 5.97. The molecule has 5 nitrogen and oxygen atoms in total. The van der Waals surface area contributed by atoms with E-state index >= 15 is 0 Å². The number of carbonyl (C=O) groups is 2. The summed E-state index contributed by atoms with van der Waals surface area (Å²) in [6, 6.07) is 6.59. The van der Waals surface area contributed by atoms with Crippen LogP contribution >= 0.6 is 11.8 Å². The highest BCUT2D eigenvalue weighted by molar-refractivity contribution is 8.00. The quantitative estimate of drug-likeness (QED) is 0.874. The van der Waals surface area contributed by atoms with Crippen molar-refractivity contribution in [3.8, 4) is 5.75 Å². The zero-order valence-corrected chi connectivity index (χ0v) is 11.6. The number of ether oxygens (including phenoxy) is 1. The lowest BCUT2D eigenvalue weighted by Crippen LogP contribution is -2.51. The third-order valence-electron chi connectivity index (χ3n) is 2.87. The zero-order chi connectivity index (χ0) is 13.8. The number of carbonyl (C=O) groups excluding carboxylic acids is 2. The molecule has 19 heavy (non-hydrogen) atoms. The summed E-state index contributed by atoms with van der Waals surface area (Å²) in [5.74, 6) is 1.03. The van der Waals surface area contributed by atoms with Gasteiger partial charge in [-0.15, -0.1) is 11.8 Å². The fraction of sp³-hybridized carbons (Fsp3) is 0.385. The zero-order valence-electron chi connectivity index (χ0n) is 10.8. The van der Waals surface area contributed by atoms with Crippen molar-refractivity contribution in [3.05, 3.63) is 24.3 Å². The van der Waals surface area contributed by atoms with Crippen molar-refractivity contribution in [2.24, 2.45) is 0 Å². The van der Waals surface area contributed by atoms with Crippen LogP contribution in [0.15, 0.2) is 24.3 Å². The predicted octanol–water partition coefficient (Wildman–Crippen LogP) is 1.25. The fourth-order valence-electron chi connectivity index (χ4n) is 1.69. The van der Waals surface area contributed by atoms with Gasteiger partial charge in [-0.1, -0.05) is 0 Å². The van der Waals surface area contributed by atoms with Gasteiger partial charge in [0, 0.05) is 11.4 Å². The number of methoxy groups -OCH3 is 1. The molecule has 2 N–H and O–H groups in total. The normalized spacial score (nSPS) is 22.5. The number of rotatable bonds is 3. The molecular weight excluding hydrogens is 264 g/mol. The van der Waals surface area contributed by atoms with Crippen molar-refractivity contribution in [2.75, 3.05) is 18.2 Å². The number of amides is 2. The minimum Gasteiger partial charge on any atom is -0.497 e. The molecule has 0 aliphatic carbocycles. The summed E-state index contributed by atoms with van der Waals surface area (Å²) in [4.78, 5) is 23.5. The summed E-state index contributed by atoms with van der Waals surface area (Å²) >= 11 is 1.49. The smallest absolute Gasteiger partial charge is 0.247 e. The maximum atomic E-state index is 12.0. The van der Waals surface area contributed by atoms with Gasteiger partial charge in [0.1, 0.15) is 11.8 Å². The first-order chi connectivity index (χ1) is 9.10. The molecule has 2 atom stereocenters. The van der Waals surface area contributed by atoms with E-state index in [0.717, 1.165) is 5.75 Å². The van der Waals surface area contributed by atoms with Gasteiger partial charge >= 0.3 is 0 Å². The molecule has 0 saturated carbocycles. The highest BCUT2D eigenvalue weighted by atomic mass is 32.2. The van der Waals surface area contributed by atoms with Gasteiger partial charge in [0.15, 0.2) is 0 Å². The second-order valence-electron chi connectivity index (χ2n) is 4.25. The van der Waals surface area contributed by atoms with E-state index in [1.165, 1.54) is 11.8 Å². The SMILES string of the molecule is COc1ccc(NC(=O)C2CSC(C)C(=O)N2)cc1. The van der Waals surface area contributed by atoms with Crippen LogP contribution in [0, 0.1) is 0 Å². The highest BCUT2D eigenvalue weighted by Gasteiger charge is 2.29. The summed E-state index contributed by atoms with van der Waals surface area (Å²) in [5, 5.41) is 5.40. The van der Waals surface area contributed by atoms with Crippen LogP contribution in [0.3, 0.4) is 0 Å². The average molecular weight is 280 g/mol. The average Bonchev–Trinajstić information content (AvgIpc) is 2.42. The molecule has 6 heteroatoms. The third-order valence-corrected chi connectivity index (χ3v) is 4.11. The number of hydrogen-bond acceptors (Lipinski definition) is 4. The Morgan fingerprint density at radius 1 is 1.42 bits per heavy atom. The number of anilines is 1. The molecule has 0 radical (unpaired) electrons. The molecule has 1 aromatic carbocycles. The van der Waals surface area contributed by atoms with E-state index in [-0.39, 0.29) is 17.1 Å². The summed E-state index contributed by atoms with van der Waals surface area (Å²) in [5.41, 5.74) is 0.684.